The Morgan fingerprint density at radius 2 is 2.26 bits per heavy atom. The summed E-state index contributed by atoms with van der Waals surface area (Å²) in [6, 6.07) is 4.41. The summed E-state index contributed by atoms with van der Waals surface area (Å²) >= 11 is 1.71. The number of rotatable bonds is 5. The zero-order valence-corrected chi connectivity index (χ0v) is 16.0. The monoisotopic (exact) mass is 386 g/mol. The van der Waals surface area contributed by atoms with Crippen LogP contribution in [-0.2, 0) is 11.3 Å². The summed E-state index contributed by atoms with van der Waals surface area (Å²) in [5, 5.41) is 5.62. The number of carbonyl (C=O) groups is 1. The lowest BCUT2D eigenvalue weighted by Crippen LogP contribution is -2.42. The predicted octanol–water partition coefficient (Wildman–Crippen LogP) is 2.97. The van der Waals surface area contributed by atoms with Gasteiger partial charge < -0.3 is 15.0 Å². The van der Waals surface area contributed by atoms with Crippen LogP contribution in [0.2, 0.25) is 0 Å². The van der Waals surface area contributed by atoms with E-state index in [4.69, 9.17) is 9.72 Å². The molecular weight excluding hydrogens is 364 g/mol. The summed E-state index contributed by atoms with van der Waals surface area (Å²) in [6.45, 7) is 4.32. The molecule has 142 valence electrons. The molecule has 0 unspecified atom stereocenters. The normalized spacial score (nSPS) is 15.2. The number of anilines is 1. The van der Waals surface area contributed by atoms with E-state index in [2.05, 4.69) is 31.3 Å². The van der Waals surface area contributed by atoms with Crippen molar-refractivity contribution in [2.24, 2.45) is 0 Å². The van der Waals surface area contributed by atoms with Crippen molar-refractivity contribution in [2.75, 3.05) is 25.0 Å². The summed E-state index contributed by atoms with van der Waals surface area (Å²) in [7, 11) is 0. The van der Waals surface area contributed by atoms with Crippen LogP contribution in [0.4, 0.5) is 10.7 Å². The van der Waals surface area contributed by atoms with Gasteiger partial charge in [-0.3, -0.25) is 4.57 Å². The van der Waals surface area contributed by atoms with Crippen LogP contribution in [0.25, 0.3) is 11.2 Å². The molecule has 1 amide bonds. The molecule has 0 spiro atoms. The molecule has 0 saturated carbocycles. The number of carbonyl (C=O) groups excluding carboxylic acids is 1. The lowest BCUT2D eigenvalue weighted by Gasteiger charge is -2.31. The van der Waals surface area contributed by atoms with E-state index in [-0.39, 0.29) is 12.1 Å². The Morgan fingerprint density at radius 1 is 1.41 bits per heavy atom. The van der Waals surface area contributed by atoms with Gasteiger partial charge in [0.2, 0.25) is 5.95 Å². The fraction of sp³-hybridized carbons (Fsp3) is 0.444. The Bertz CT molecular complexity index is 902. The van der Waals surface area contributed by atoms with Gasteiger partial charge >= 0.3 is 6.09 Å². The molecule has 27 heavy (non-hydrogen) atoms. The second-order valence-electron chi connectivity index (χ2n) is 6.44. The number of ether oxygens (including phenoxy) is 1. The van der Waals surface area contributed by atoms with Crippen LogP contribution in [0.1, 0.15) is 24.6 Å². The van der Waals surface area contributed by atoms with Crippen LogP contribution in [0.5, 0.6) is 0 Å². The minimum atomic E-state index is -0.226. The maximum atomic E-state index is 11.9. The number of hydrogen-bond donors (Lipinski definition) is 1. The van der Waals surface area contributed by atoms with Gasteiger partial charge in [0.05, 0.1) is 19.3 Å². The Morgan fingerprint density at radius 3 is 3.00 bits per heavy atom. The molecule has 4 heterocycles. The molecule has 3 aromatic rings. The first-order valence-electron chi connectivity index (χ1n) is 9.11. The van der Waals surface area contributed by atoms with Crippen molar-refractivity contribution in [3.05, 3.63) is 34.9 Å². The van der Waals surface area contributed by atoms with E-state index in [1.54, 1.807) is 28.8 Å². The summed E-state index contributed by atoms with van der Waals surface area (Å²) in [5.74, 6) is 0.800. The van der Waals surface area contributed by atoms with E-state index in [0.717, 1.165) is 36.5 Å². The van der Waals surface area contributed by atoms with Crippen molar-refractivity contribution in [3.8, 4) is 0 Å². The van der Waals surface area contributed by atoms with E-state index in [0.29, 0.717) is 19.7 Å². The number of thiophene rings is 1. The van der Waals surface area contributed by atoms with Crippen molar-refractivity contribution in [2.45, 2.75) is 32.4 Å². The number of fused-ring (bicyclic) bond motifs is 1. The molecule has 0 radical (unpaired) electrons. The van der Waals surface area contributed by atoms with E-state index in [1.165, 1.54) is 4.88 Å². The summed E-state index contributed by atoms with van der Waals surface area (Å²) < 4.78 is 7.19. The molecule has 0 aromatic carbocycles. The van der Waals surface area contributed by atoms with Gasteiger partial charge in [-0.1, -0.05) is 6.07 Å². The SMILES string of the molecule is CCOC(=O)N1CCC(Nc2nc3cncnc3n2Cc2cccs2)CC1. The molecule has 1 aliphatic heterocycles. The van der Waals surface area contributed by atoms with E-state index < -0.39 is 0 Å². The quantitative estimate of drug-likeness (QED) is 0.726. The molecule has 0 bridgehead atoms. The number of nitrogens with one attached hydrogen (secondary N) is 1. The zero-order chi connectivity index (χ0) is 18.6. The summed E-state index contributed by atoms with van der Waals surface area (Å²) in [4.78, 5) is 28.1. The highest BCUT2D eigenvalue weighted by Gasteiger charge is 2.25. The first-order valence-corrected chi connectivity index (χ1v) is 9.99. The molecular formula is C18H22N6O2S. The van der Waals surface area contributed by atoms with E-state index >= 15 is 0 Å². The number of nitrogens with zero attached hydrogens (tertiary/aromatic N) is 5. The van der Waals surface area contributed by atoms with Gasteiger partial charge in [-0.05, 0) is 31.2 Å². The number of amides is 1. The van der Waals surface area contributed by atoms with Crippen LogP contribution in [0.15, 0.2) is 30.0 Å². The number of aromatic nitrogens is 4. The van der Waals surface area contributed by atoms with Gasteiger partial charge in [0.25, 0.3) is 0 Å². The second-order valence-corrected chi connectivity index (χ2v) is 7.47. The van der Waals surface area contributed by atoms with Crippen LogP contribution in [0, 0.1) is 0 Å². The highest BCUT2D eigenvalue weighted by Crippen LogP contribution is 2.23. The number of hydrogen-bond acceptors (Lipinski definition) is 7. The predicted molar refractivity (Wildman–Crippen MR) is 104 cm³/mol. The van der Waals surface area contributed by atoms with Crippen molar-refractivity contribution >= 4 is 34.5 Å². The largest absolute Gasteiger partial charge is 0.450 e. The van der Waals surface area contributed by atoms with Gasteiger partial charge in [0.1, 0.15) is 11.8 Å². The van der Waals surface area contributed by atoms with Gasteiger partial charge in [-0.25, -0.2) is 19.7 Å². The Kier molecular flexibility index (Phi) is 5.19. The third-order valence-corrected chi connectivity index (χ3v) is 5.52. The Labute approximate surface area is 161 Å². The van der Waals surface area contributed by atoms with Gasteiger partial charge in [0, 0.05) is 24.0 Å². The van der Waals surface area contributed by atoms with Crippen molar-refractivity contribution in [1.82, 2.24) is 24.4 Å². The maximum Gasteiger partial charge on any atom is 0.409 e. The molecule has 1 fully saturated rings. The zero-order valence-electron chi connectivity index (χ0n) is 15.2. The summed E-state index contributed by atoms with van der Waals surface area (Å²) in [5.41, 5.74) is 1.60. The van der Waals surface area contributed by atoms with E-state index in [1.807, 2.05) is 13.0 Å². The standard InChI is InChI=1S/C18H22N6O2S/c1-2-26-18(25)23-7-5-13(6-8-23)21-17-22-15-10-19-12-20-16(15)24(17)11-14-4-3-9-27-14/h3-4,9-10,12-13H,2,5-8,11H2,1H3,(H,21,22). The van der Waals surface area contributed by atoms with Gasteiger partial charge in [-0.2, -0.15) is 0 Å². The molecule has 0 aliphatic carbocycles. The minimum Gasteiger partial charge on any atom is -0.450 e. The van der Waals surface area contributed by atoms with Crippen LogP contribution in [-0.4, -0.2) is 56.3 Å². The molecule has 8 nitrogen and oxygen atoms in total. The molecule has 1 aliphatic rings. The number of imidazole rings is 1. The lowest BCUT2D eigenvalue weighted by atomic mass is 10.1. The summed E-state index contributed by atoms with van der Waals surface area (Å²) in [6.07, 6.45) is 4.77. The third-order valence-electron chi connectivity index (χ3n) is 4.66. The van der Waals surface area contributed by atoms with Crippen molar-refractivity contribution in [3.63, 3.8) is 0 Å². The van der Waals surface area contributed by atoms with Gasteiger partial charge in [0.15, 0.2) is 5.65 Å². The molecule has 4 rings (SSSR count). The topological polar surface area (TPSA) is 85.2 Å². The van der Waals surface area contributed by atoms with Crippen molar-refractivity contribution in [1.29, 1.82) is 0 Å². The minimum absolute atomic E-state index is 0.226. The van der Waals surface area contributed by atoms with Crippen LogP contribution >= 0.6 is 11.3 Å². The lowest BCUT2D eigenvalue weighted by molar-refractivity contribution is 0.0983. The van der Waals surface area contributed by atoms with Crippen molar-refractivity contribution < 1.29 is 9.53 Å². The average Bonchev–Trinajstić information content (AvgIpc) is 3.31. The first kappa shape index (κ1) is 17.7. The highest BCUT2D eigenvalue weighted by atomic mass is 32.1. The second kappa shape index (κ2) is 7.91. The van der Waals surface area contributed by atoms with E-state index in [9.17, 15) is 4.79 Å². The Balaban J connectivity index is 1.50. The third kappa shape index (κ3) is 3.87. The molecule has 1 saturated heterocycles. The molecule has 0 atom stereocenters. The average molecular weight is 386 g/mol. The molecule has 1 N–H and O–H groups in total. The fourth-order valence-corrected chi connectivity index (χ4v) is 3.99. The number of piperidine rings is 1. The fourth-order valence-electron chi connectivity index (χ4n) is 3.30. The van der Waals surface area contributed by atoms with Crippen LogP contribution in [0.3, 0.4) is 0 Å². The molecule has 3 aromatic heterocycles. The molecule has 9 heteroatoms. The Hall–Kier alpha value is -2.68. The van der Waals surface area contributed by atoms with Crippen LogP contribution < -0.4 is 5.32 Å². The number of likely N-dealkylation sites (tertiary alicyclic amines) is 1. The van der Waals surface area contributed by atoms with Gasteiger partial charge in [-0.15, -0.1) is 11.3 Å². The first-order chi connectivity index (χ1) is 13.2. The smallest absolute Gasteiger partial charge is 0.409 e. The highest BCUT2D eigenvalue weighted by molar-refractivity contribution is 7.09. The maximum absolute atomic E-state index is 11.9.